The highest BCUT2D eigenvalue weighted by Crippen LogP contribution is 2.43. The lowest BCUT2D eigenvalue weighted by molar-refractivity contribution is -0.133. The number of ether oxygens (including phenoxy) is 2. The Hall–Kier alpha value is -6.97. The highest BCUT2D eigenvalue weighted by atomic mass is 19.1. The van der Waals surface area contributed by atoms with Crippen LogP contribution < -0.4 is 29.9 Å². The zero-order chi connectivity index (χ0) is 45.4. The molecule has 9 rings (SSSR count). The maximum absolute atomic E-state index is 16.9. The number of fused-ring (bicyclic) bond motifs is 1. The third kappa shape index (κ3) is 8.68. The van der Waals surface area contributed by atoms with E-state index >= 15 is 8.78 Å². The number of H-pyrrole nitrogens is 1. The number of benzene rings is 3. The Morgan fingerprint density at radius 1 is 0.815 bits per heavy atom. The number of imide groups is 1. The lowest BCUT2D eigenvalue weighted by atomic mass is 9.87. The van der Waals surface area contributed by atoms with Gasteiger partial charge in [0, 0.05) is 94.1 Å². The van der Waals surface area contributed by atoms with Crippen molar-refractivity contribution in [3.8, 4) is 22.6 Å². The Bertz CT molecular complexity index is 2700. The van der Waals surface area contributed by atoms with Crippen LogP contribution in [0.3, 0.4) is 0 Å². The summed E-state index contributed by atoms with van der Waals surface area (Å²) < 4.78 is 44.0. The molecule has 3 N–H and O–H groups in total. The second-order valence-corrected chi connectivity index (χ2v) is 17.1. The van der Waals surface area contributed by atoms with Crippen molar-refractivity contribution in [2.45, 2.75) is 51.0 Å². The lowest BCUT2D eigenvalue weighted by Gasteiger charge is -2.35. The van der Waals surface area contributed by atoms with Crippen molar-refractivity contribution in [2.75, 3.05) is 81.7 Å². The van der Waals surface area contributed by atoms with E-state index in [2.05, 4.69) is 31.6 Å². The van der Waals surface area contributed by atoms with Crippen LogP contribution in [0.2, 0.25) is 0 Å². The molecule has 6 heterocycles. The molecule has 16 heteroatoms. The first kappa shape index (κ1) is 43.3. The number of aromatic amines is 1. The molecule has 2 aromatic heterocycles. The van der Waals surface area contributed by atoms with E-state index in [0.717, 1.165) is 29.8 Å². The van der Waals surface area contributed by atoms with Crippen LogP contribution >= 0.6 is 0 Å². The Morgan fingerprint density at radius 3 is 2.32 bits per heavy atom. The van der Waals surface area contributed by atoms with Crippen LogP contribution in [0.25, 0.3) is 27.6 Å². The monoisotopic (exact) mass is 886 g/mol. The number of aromatic nitrogens is 2. The minimum absolute atomic E-state index is 0.0860. The Kier molecular flexibility index (Phi) is 12.2. The number of halogens is 2. The van der Waals surface area contributed by atoms with Gasteiger partial charge in [0.25, 0.3) is 5.91 Å². The van der Waals surface area contributed by atoms with E-state index in [1.165, 1.54) is 13.0 Å². The first-order valence-corrected chi connectivity index (χ1v) is 22.2. The van der Waals surface area contributed by atoms with Crippen LogP contribution in [0.1, 0.15) is 66.6 Å². The molecule has 1 unspecified atom stereocenters. The average molecular weight is 887 g/mol. The maximum atomic E-state index is 16.9. The largest absolute Gasteiger partial charge is 0.496 e. The molecular weight excluding hydrogens is 835 g/mol. The van der Waals surface area contributed by atoms with Gasteiger partial charge in [-0.1, -0.05) is 18.2 Å². The molecule has 3 aromatic carbocycles. The third-order valence-electron chi connectivity index (χ3n) is 13.2. The fourth-order valence-corrected chi connectivity index (χ4v) is 9.63. The van der Waals surface area contributed by atoms with Gasteiger partial charge >= 0.3 is 0 Å². The van der Waals surface area contributed by atoms with Gasteiger partial charge in [0.1, 0.15) is 23.3 Å². The predicted octanol–water partition coefficient (Wildman–Crippen LogP) is 6.72. The highest BCUT2D eigenvalue weighted by molar-refractivity contribution is 6.05. The van der Waals surface area contributed by atoms with Gasteiger partial charge < -0.3 is 39.4 Å². The zero-order valence-corrected chi connectivity index (χ0v) is 36.7. The van der Waals surface area contributed by atoms with E-state index in [1.54, 1.807) is 48.4 Å². The summed E-state index contributed by atoms with van der Waals surface area (Å²) >= 11 is 0. The molecule has 3 saturated heterocycles. The number of piperidine rings is 2. The SMILES string of the molecule is COc1cc(C2CCN(c3ccc(NC4CCC(=O)NC4=O)cc3F)CC2)ccc1-c1cc(C2=CCCN(C(C)=O)C2)c(F)c2[nH]c(C(=O)N3CCN(c4ncccc4OC)CC3)cc12. The minimum Gasteiger partial charge on any atom is -0.496 e. The number of methoxy groups -OCH3 is 2. The van der Waals surface area contributed by atoms with Crippen LogP contribution in [0, 0.1) is 11.6 Å². The second-order valence-electron chi connectivity index (χ2n) is 17.1. The van der Waals surface area contributed by atoms with Crippen molar-refractivity contribution >= 4 is 57.3 Å². The summed E-state index contributed by atoms with van der Waals surface area (Å²) in [6.45, 7) is 5.52. The van der Waals surface area contributed by atoms with Gasteiger partial charge in [0.15, 0.2) is 17.4 Å². The standard InChI is InChI=1S/C49H52F2N8O6/c1-29(60)59-17-5-6-32(28-59)35-26-36(37-27-40(54-46(37)45(35)51)49(63)58-22-20-57(21-23-58)47-42(64-2)7-4-16-52-47)34-10-8-31(24-43(34)65-3)30-14-18-56(19-15-30)41-12-9-33(25-38(41)50)53-39-11-13-44(61)55-48(39)62/h4,6-10,12,16,24-27,30,39,53-54H,5,11,13-15,17-23,28H2,1-3H3,(H,55,61,62). The maximum Gasteiger partial charge on any atom is 0.270 e. The molecule has 5 aromatic rings. The Balaban J connectivity index is 0.965. The van der Waals surface area contributed by atoms with Gasteiger partial charge in [-0.3, -0.25) is 24.5 Å². The summed E-state index contributed by atoms with van der Waals surface area (Å²) in [4.78, 5) is 65.6. The Morgan fingerprint density at radius 2 is 1.60 bits per heavy atom. The first-order valence-electron chi connectivity index (χ1n) is 22.2. The summed E-state index contributed by atoms with van der Waals surface area (Å²) in [5, 5.41) is 5.90. The van der Waals surface area contributed by atoms with E-state index < -0.39 is 23.6 Å². The van der Waals surface area contributed by atoms with Crippen molar-refractivity contribution in [1.82, 2.24) is 25.1 Å². The minimum atomic E-state index is -0.604. The van der Waals surface area contributed by atoms with Crippen LogP contribution in [0.5, 0.6) is 11.5 Å². The number of piperazine rings is 1. The van der Waals surface area contributed by atoms with Crippen molar-refractivity contribution in [3.05, 3.63) is 101 Å². The second kappa shape index (κ2) is 18.3. The lowest BCUT2D eigenvalue weighted by Crippen LogP contribution is -2.49. The first-order chi connectivity index (χ1) is 31.5. The smallest absolute Gasteiger partial charge is 0.270 e. The number of hydrogen-bond acceptors (Lipinski definition) is 10. The van der Waals surface area contributed by atoms with Crippen molar-refractivity contribution in [3.63, 3.8) is 0 Å². The zero-order valence-electron chi connectivity index (χ0n) is 36.7. The summed E-state index contributed by atoms with van der Waals surface area (Å²) in [6.07, 6.45) is 6.37. The fourth-order valence-electron chi connectivity index (χ4n) is 9.63. The molecule has 0 spiro atoms. The molecule has 4 aliphatic rings. The number of carbonyl (C=O) groups is 4. The number of nitrogens with one attached hydrogen (secondary N) is 3. The van der Waals surface area contributed by atoms with Gasteiger partial charge in [0.05, 0.1) is 25.4 Å². The normalized spacial score (nSPS) is 18.4. The number of amides is 4. The van der Waals surface area contributed by atoms with Crippen LogP contribution in [0.4, 0.5) is 26.0 Å². The van der Waals surface area contributed by atoms with E-state index in [9.17, 15) is 19.2 Å². The molecule has 14 nitrogen and oxygen atoms in total. The fraction of sp³-hybridized carbons (Fsp3) is 0.367. The van der Waals surface area contributed by atoms with E-state index in [0.29, 0.717) is 104 Å². The van der Waals surface area contributed by atoms with Crippen LogP contribution in [0.15, 0.2) is 72.9 Å². The summed E-state index contributed by atoms with van der Waals surface area (Å²) in [7, 11) is 3.21. The number of nitrogens with zero attached hydrogens (tertiary/aromatic N) is 5. The van der Waals surface area contributed by atoms with E-state index in [-0.39, 0.29) is 47.8 Å². The van der Waals surface area contributed by atoms with Crippen molar-refractivity contribution in [1.29, 1.82) is 0 Å². The van der Waals surface area contributed by atoms with Crippen molar-refractivity contribution < 1.29 is 37.4 Å². The van der Waals surface area contributed by atoms with Gasteiger partial charge in [-0.25, -0.2) is 13.8 Å². The summed E-state index contributed by atoms with van der Waals surface area (Å²) in [6, 6.07) is 17.6. The third-order valence-corrected chi connectivity index (χ3v) is 13.2. The van der Waals surface area contributed by atoms with Crippen LogP contribution in [-0.2, 0) is 14.4 Å². The summed E-state index contributed by atoms with van der Waals surface area (Å²) in [5.41, 5.74) is 4.93. The molecule has 65 heavy (non-hydrogen) atoms. The molecule has 0 aliphatic carbocycles. The van der Waals surface area contributed by atoms with Crippen LogP contribution in [-0.4, -0.2) is 116 Å². The molecule has 3 fully saturated rings. The predicted molar refractivity (Wildman–Crippen MR) is 244 cm³/mol. The molecule has 0 bridgehead atoms. The number of hydrogen-bond donors (Lipinski definition) is 3. The number of rotatable bonds is 10. The van der Waals surface area contributed by atoms with Crippen molar-refractivity contribution in [2.24, 2.45) is 0 Å². The topological polar surface area (TPSA) is 152 Å². The molecule has 4 amide bonds. The van der Waals surface area contributed by atoms with Gasteiger partial charge in [-0.05, 0) is 96.8 Å². The molecule has 0 radical (unpaired) electrons. The number of pyridine rings is 1. The summed E-state index contributed by atoms with van der Waals surface area (Å²) in [5.74, 6) is 0.195. The average Bonchev–Trinajstić information content (AvgIpc) is 3.79. The number of carbonyl (C=O) groups excluding carboxylic acids is 4. The Labute approximate surface area is 375 Å². The highest BCUT2D eigenvalue weighted by Gasteiger charge is 2.31. The molecule has 4 aliphatic heterocycles. The van der Waals surface area contributed by atoms with Gasteiger partial charge in [0.2, 0.25) is 17.7 Å². The van der Waals surface area contributed by atoms with E-state index in [1.807, 2.05) is 41.3 Å². The quantitative estimate of drug-likeness (QED) is 0.129. The van der Waals surface area contributed by atoms with E-state index in [4.69, 9.17) is 9.47 Å². The molecule has 0 saturated carbocycles. The molecular formula is C49H52F2N8O6. The number of anilines is 3. The molecule has 1 atom stereocenters. The van der Waals surface area contributed by atoms with Gasteiger partial charge in [-0.15, -0.1) is 0 Å². The van der Waals surface area contributed by atoms with Gasteiger partial charge in [-0.2, -0.15) is 0 Å². The molecule has 338 valence electrons.